The van der Waals surface area contributed by atoms with Gasteiger partial charge in [-0.2, -0.15) is 0 Å². The Morgan fingerprint density at radius 1 is 1.67 bits per heavy atom. The maximum atomic E-state index is 5.54. The van der Waals surface area contributed by atoms with Crippen molar-refractivity contribution in [3.05, 3.63) is 5.69 Å². The minimum Gasteiger partial charge on any atom is -0.382 e. The van der Waals surface area contributed by atoms with Gasteiger partial charge in [0.15, 0.2) is 5.82 Å². The first kappa shape index (κ1) is 8.99. The molecule has 0 saturated heterocycles. The summed E-state index contributed by atoms with van der Waals surface area (Å²) in [5, 5.41) is 7.65. The lowest BCUT2D eigenvalue weighted by atomic mass is 10.3. The van der Waals surface area contributed by atoms with E-state index in [-0.39, 0.29) is 6.04 Å². The third kappa shape index (κ3) is 1.55. The minimum atomic E-state index is 0.180. The van der Waals surface area contributed by atoms with Gasteiger partial charge in [-0.05, 0) is 13.8 Å². The summed E-state index contributed by atoms with van der Waals surface area (Å²) >= 11 is 0. The van der Waals surface area contributed by atoms with Crippen molar-refractivity contribution in [3.8, 4) is 0 Å². The molecule has 0 aliphatic carbocycles. The Morgan fingerprint density at radius 2 is 2.33 bits per heavy atom. The quantitative estimate of drug-likeness (QED) is 0.712. The van der Waals surface area contributed by atoms with E-state index in [1.54, 1.807) is 11.8 Å². The predicted octanol–water partition coefficient (Wildman–Crippen LogP) is 0.376. The zero-order valence-electron chi connectivity index (χ0n) is 7.61. The highest BCUT2D eigenvalue weighted by Gasteiger charge is 2.10. The van der Waals surface area contributed by atoms with Crippen LogP contribution in [0, 0.1) is 6.92 Å². The SMILES string of the molecule is COCC(C)n1nnc(N)c1C. The molecule has 1 unspecified atom stereocenters. The number of rotatable bonds is 3. The maximum absolute atomic E-state index is 5.54. The molecular formula is C7H14N4O. The van der Waals surface area contributed by atoms with Crippen LogP contribution in [0.2, 0.25) is 0 Å². The molecule has 0 spiro atoms. The van der Waals surface area contributed by atoms with Crippen molar-refractivity contribution in [2.45, 2.75) is 19.9 Å². The molecule has 1 aromatic rings. The molecule has 0 aromatic carbocycles. The average molecular weight is 170 g/mol. The number of nitrogen functional groups attached to an aromatic ring is 1. The molecule has 1 rings (SSSR count). The van der Waals surface area contributed by atoms with E-state index < -0.39 is 0 Å². The Bertz CT molecular complexity index is 258. The summed E-state index contributed by atoms with van der Waals surface area (Å²) in [6, 6.07) is 0.180. The monoisotopic (exact) mass is 170 g/mol. The van der Waals surface area contributed by atoms with Crippen molar-refractivity contribution >= 4 is 5.82 Å². The fourth-order valence-corrected chi connectivity index (χ4v) is 1.08. The number of hydrogen-bond acceptors (Lipinski definition) is 4. The van der Waals surface area contributed by atoms with Gasteiger partial charge in [0.2, 0.25) is 0 Å². The van der Waals surface area contributed by atoms with E-state index in [2.05, 4.69) is 10.3 Å². The van der Waals surface area contributed by atoms with E-state index in [0.29, 0.717) is 12.4 Å². The lowest BCUT2D eigenvalue weighted by Gasteiger charge is -2.11. The number of nitrogens with two attached hydrogens (primary N) is 1. The smallest absolute Gasteiger partial charge is 0.168 e. The molecule has 12 heavy (non-hydrogen) atoms. The van der Waals surface area contributed by atoms with Crippen LogP contribution in [0.4, 0.5) is 5.82 Å². The summed E-state index contributed by atoms with van der Waals surface area (Å²) in [6.07, 6.45) is 0. The number of methoxy groups -OCH3 is 1. The number of anilines is 1. The minimum absolute atomic E-state index is 0.180. The predicted molar refractivity (Wildman–Crippen MR) is 45.8 cm³/mol. The fourth-order valence-electron chi connectivity index (χ4n) is 1.08. The zero-order valence-corrected chi connectivity index (χ0v) is 7.61. The highest BCUT2D eigenvalue weighted by atomic mass is 16.5. The summed E-state index contributed by atoms with van der Waals surface area (Å²) in [6.45, 7) is 4.51. The van der Waals surface area contributed by atoms with Gasteiger partial charge in [-0.15, -0.1) is 5.10 Å². The zero-order chi connectivity index (χ0) is 9.14. The second-order valence-corrected chi connectivity index (χ2v) is 2.81. The molecule has 5 nitrogen and oxygen atoms in total. The Labute approximate surface area is 71.5 Å². The van der Waals surface area contributed by atoms with Crippen molar-refractivity contribution in [1.82, 2.24) is 15.0 Å². The highest BCUT2D eigenvalue weighted by molar-refractivity contribution is 5.31. The Kier molecular flexibility index (Phi) is 2.65. The Hall–Kier alpha value is -1.10. The van der Waals surface area contributed by atoms with Gasteiger partial charge in [0.1, 0.15) is 0 Å². The molecule has 0 amide bonds. The molecule has 1 heterocycles. The summed E-state index contributed by atoms with van der Waals surface area (Å²) in [7, 11) is 1.66. The van der Waals surface area contributed by atoms with Gasteiger partial charge in [-0.1, -0.05) is 5.21 Å². The normalized spacial score (nSPS) is 13.2. The van der Waals surface area contributed by atoms with Crippen molar-refractivity contribution in [3.63, 3.8) is 0 Å². The van der Waals surface area contributed by atoms with Gasteiger partial charge in [0.05, 0.1) is 18.3 Å². The first-order chi connectivity index (χ1) is 5.66. The van der Waals surface area contributed by atoms with Gasteiger partial charge in [0.25, 0.3) is 0 Å². The van der Waals surface area contributed by atoms with Gasteiger partial charge in [-0.3, -0.25) is 0 Å². The van der Waals surface area contributed by atoms with Crippen molar-refractivity contribution < 1.29 is 4.74 Å². The maximum Gasteiger partial charge on any atom is 0.168 e. The molecule has 0 aliphatic rings. The first-order valence-corrected chi connectivity index (χ1v) is 3.83. The lowest BCUT2D eigenvalue weighted by molar-refractivity contribution is 0.155. The molecular weight excluding hydrogens is 156 g/mol. The van der Waals surface area contributed by atoms with Crippen LogP contribution in [0.1, 0.15) is 18.7 Å². The number of nitrogens with zero attached hydrogens (tertiary/aromatic N) is 3. The topological polar surface area (TPSA) is 66.0 Å². The first-order valence-electron chi connectivity index (χ1n) is 3.83. The van der Waals surface area contributed by atoms with Crippen molar-refractivity contribution in [2.24, 2.45) is 0 Å². The lowest BCUT2D eigenvalue weighted by Crippen LogP contribution is -2.14. The molecule has 68 valence electrons. The van der Waals surface area contributed by atoms with Crippen molar-refractivity contribution in [1.29, 1.82) is 0 Å². The van der Waals surface area contributed by atoms with E-state index in [4.69, 9.17) is 10.5 Å². The van der Waals surface area contributed by atoms with Crippen LogP contribution in [-0.2, 0) is 4.74 Å². The second kappa shape index (κ2) is 3.53. The van der Waals surface area contributed by atoms with Crippen LogP contribution in [0.5, 0.6) is 0 Å². The van der Waals surface area contributed by atoms with Crippen molar-refractivity contribution in [2.75, 3.05) is 19.5 Å². The van der Waals surface area contributed by atoms with E-state index >= 15 is 0 Å². The van der Waals surface area contributed by atoms with E-state index in [0.717, 1.165) is 5.69 Å². The second-order valence-electron chi connectivity index (χ2n) is 2.81. The van der Waals surface area contributed by atoms with Crippen LogP contribution >= 0.6 is 0 Å². The number of hydrogen-bond donors (Lipinski definition) is 1. The summed E-state index contributed by atoms with van der Waals surface area (Å²) in [5.41, 5.74) is 6.43. The van der Waals surface area contributed by atoms with Crippen LogP contribution in [-0.4, -0.2) is 28.7 Å². The van der Waals surface area contributed by atoms with E-state index in [1.807, 2.05) is 13.8 Å². The van der Waals surface area contributed by atoms with Crippen LogP contribution < -0.4 is 5.73 Å². The van der Waals surface area contributed by atoms with Gasteiger partial charge >= 0.3 is 0 Å². The third-order valence-electron chi connectivity index (χ3n) is 1.79. The van der Waals surface area contributed by atoms with Gasteiger partial charge in [-0.25, -0.2) is 4.68 Å². The molecule has 2 N–H and O–H groups in total. The molecule has 0 fully saturated rings. The summed E-state index contributed by atoms with van der Waals surface area (Å²) < 4.78 is 6.76. The highest BCUT2D eigenvalue weighted by Crippen LogP contribution is 2.11. The molecule has 0 radical (unpaired) electrons. The van der Waals surface area contributed by atoms with E-state index in [9.17, 15) is 0 Å². The van der Waals surface area contributed by atoms with E-state index in [1.165, 1.54) is 0 Å². The molecule has 5 heteroatoms. The number of aromatic nitrogens is 3. The van der Waals surface area contributed by atoms with Crippen LogP contribution in [0.15, 0.2) is 0 Å². The molecule has 1 aromatic heterocycles. The van der Waals surface area contributed by atoms with Gasteiger partial charge in [0, 0.05) is 7.11 Å². The summed E-state index contributed by atoms with van der Waals surface area (Å²) in [5.74, 6) is 0.484. The molecule has 1 atom stereocenters. The Morgan fingerprint density at radius 3 is 2.75 bits per heavy atom. The van der Waals surface area contributed by atoms with Gasteiger partial charge < -0.3 is 10.5 Å². The third-order valence-corrected chi connectivity index (χ3v) is 1.79. The molecule has 0 bridgehead atoms. The largest absolute Gasteiger partial charge is 0.382 e. The average Bonchev–Trinajstić information content (AvgIpc) is 2.34. The fraction of sp³-hybridized carbons (Fsp3) is 0.714. The molecule has 0 aliphatic heterocycles. The van der Waals surface area contributed by atoms with Crippen LogP contribution in [0.3, 0.4) is 0 Å². The van der Waals surface area contributed by atoms with Crippen LogP contribution in [0.25, 0.3) is 0 Å². The molecule has 0 saturated carbocycles. The summed E-state index contributed by atoms with van der Waals surface area (Å²) in [4.78, 5) is 0. The number of ether oxygens (including phenoxy) is 1. The Balaban J connectivity index is 2.80. The standard InChI is InChI=1S/C7H14N4O/c1-5(4-12-3)11-6(2)7(8)9-10-11/h5H,4,8H2,1-3H3.